The maximum absolute atomic E-state index is 12.6. The first-order valence-corrected chi connectivity index (χ1v) is 8.84. The van der Waals surface area contributed by atoms with Gasteiger partial charge in [0.15, 0.2) is 0 Å². The van der Waals surface area contributed by atoms with Gasteiger partial charge in [-0.1, -0.05) is 37.3 Å². The molecule has 2 amide bonds. The Kier molecular flexibility index (Phi) is 6.78. The zero-order valence-electron chi connectivity index (χ0n) is 15.8. The molecule has 0 bridgehead atoms. The molecule has 0 saturated heterocycles. The van der Waals surface area contributed by atoms with Crippen LogP contribution in [-0.2, 0) is 16.0 Å². The van der Waals surface area contributed by atoms with Gasteiger partial charge in [-0.05, 0) is 44.0 Å². The zero-order valence-corrected chi connectivity index (χ0v) is 15.8. The van der Waals surface area contributed by atoms with E-state index in [1.165, 1.54) is 11.8 Å². The van der Waals surface area contributed by atoms with Gasteiger partial charge in [0.2, 0.25) is 11.8 Å². The normalized spacial score (nSPS) is 10.5. The maximum atomic E-state index is 12.6. The summed E-state index contributed by atoms with van der Waals surface area (Å²) in [5.74, 6) is 0.114. The lowest BCUT2D eigenvalue weighted by molar-refractivity contribution is -0.120. The Balaban J connectivity index is 2.21. The molecule has 2 aromatic carbocycles. The Bertz CT molecular complexity index is 771. The van der Waals surface area contributed by atoms with Gasteiger partial charge in [0.1, 0.15) is 12.3 Å². The Labute approximate surface area is 155 Å². The second kappa shape index (κ2) is 9.04. The van der Waals surface area contributed by atoms with Gasteiger partial charge in [-0.2, -0.15) is 0 Å². The van der Waals surface area contributed by atoms with Gasteiger partial charge in [0, 0.05) is 12.6 Å². The molecule has 0 radical (unpaired) electrons. The summed E-state index contributed by atoms with van der Waals surface area (Å²) in [4.78, 5) is 26.2. The third-order valence-corrected chi connectivity index (χ3v) is 3.87. The second-order valence-electron chi connectivity index (χ2n) is 6.30. The number of anilines is 2. The van der Waals surface area contributed by atoms with Gasteiger partial charge in [-0.3, -0.25) is 14.5 Å². The minimum absolute atomic E-state index is 0.0322. The van der Waals surface area contributed by atoms with Gasteiger partial charge >= 0.3 is 0 Å². The predicted octanol–water partition coefficient (Wildman–Crippen LogP) is 4.03. The molecule has 0 saturated carbocycles. The summed E-state index contributed by atoms with van der Waals surface area (Å²) >= 11 is 0. The van der Waals surface area contributed by atoms with Crippen LogP contribution in [0, 0.1) is 0 Å². The van der Waals surface area contributed by atoms with Crippen molar-refractivity contribution in [1.29, 1.82) is 0 Å². The van der Waals surface area contributed by atoms with Crippen LogP contribution >= 0.6 is 0 Å². The highest BCUT2D eigenvalue weighted by Gasteiger charge is 2.20. The molecule has 5 nitrogen and oxygen atoms in total. The summed E-state index contributed by atoms with van der Waals surface area (Å²) in [6.45, 7) is 7.24. The quantitative estimate of drug-likeness (QED) is 0.817. The molecule has 0 aromatic heterocycles. The number of carbonyl (C=O) groups excluding carboxylic acids is 2. The number of nitrogens with zero attached hydrogens (tertiary/aromatic N) is 1. The van der Waals surface area contributed by atoms with Crippen LogP contribution < -0.4 is 15.0 Å². The number of hydrogen-bond acceptors (Lipinski definition) is 3. The van der Waals surface area contributed by atoms with E-state index in [0.717, 1.165) is 17.7 Å². The van der Waals surface area contributed by atoms with Crippen molar-refractivity contribution in [2.45, 2.75) is 40.2 Å². The first-order chi connectivity index (χ1) is 12.4. The van der Waals surface area contributed by atoms with E-state index in [1.54, 1.807) is 12.1 Å². The molecule has 0 atom stereocenters. The van der Waals surface area contributed by atoms with Crippen molar-refractivity contribution in [3.8, 4) is 5.75 Å². The summed E-state index contributed by atoms with van der Waals surface area (Å²) in [5.41, 5.74) is 2.42. The lowest BCUT2D eigenvalue weighted by atomic mass is 10.1. The lowest BCUT2D eigenvalue weighted by Gasteiger charge is -2.24. The highest BCUT2D eigenvalue weighted by Crippen LogP contribution is 2.29. The van der Waals surface area contributed by atoms with E-state index in [1.807, 2.05) is 57.2 Å². The van der Waals surface area contributed by atoms with Crippen molar-refractivity contribution >= 4 is 23.2 Å². The minimum Gasteiger partial charge on any atom is -0.489 e. The largest absolute Gasteiger partial charge is 0.489 e. The van der Waals surface area contributed by atoms with E-state index >= 15 is 0 Å². The molecule has 0 fully saturated rings. The molecule has 0 aliphatic carbocycles. The van der Waals surface area contributed by atoms with Crippen LogP contribution in [0.25, 0.3) is 0 Å². The van der Waals surface area contributed by atoms with E-state index in [-0.39, 0.29) is 24.5 Å². The van der Waals surface area contributed by atoms with Crippen molar-refractivity contribution in [3.63, 3.8) is 0 Å². The first-order valence-electron chi connectivity index (χ1n) is 8.84. The van der Waals surface area contributed by atoms with Crippen LogP contribution in [-0.4, -0.2) is 24.5 Å². The number of hydrogen-bond donors (Lipinski definition) is 1. The van der Waals surface area contributed by atoms with Crippen LogP contribution in [0.5, 0.6) is 5.75 Å². The molecule has 1 N–H and O–H groups in total. The van der Waals surface area contributed by atoms with E-state index < -0.39 is 0 Å². The van der Waals surface area contributed by atoms with Gasteiger partial charge in [-0.15, -0.1) is 0 Å². The molecule has 5 heteroatoms. The smallest absolute Gasteiger partial charge is 0.244 e. The zero-order chi connectivity index (χ0) is 19.1. The van der Waals surface area contributed by atoms with Crippen LogP contribution in [0.2, 0.25) is 0 Å². The van der Waals surface area contributed by atoms with Crippen molar-refractivity contribution in [3.05, 3.63) is 54.1 Å². The Morgan fingerprint density at radius 3 is 2.38 bits per heavy atom. The molecule has 2 rings (SSSR count). The van der Waals surface area contributed by atoms with Crippen molar-refractivity contribution in [2.24, 2.45) is 0 Å². The Morgan fingerprint density at radius 1 is 1.08 bits per heavy atom. The number of amides is 2. The number of ether oxygens (including phenoxy) is 1. The highest BCUT2D eigenvalue weighted by molar-refractivity contribution is 6.02. The molecule has 2 aromatic rings. The fourth-order valence-electron chi connectivity index (χ4n) is 2.68. The van der Waals surface area contributed by atoms with E-state index in [9.17, 15) is 9.59 Å². The maximum Gasteiger partial charge on any atom is 0.244 e. The van der Waals surface area contributed by atoms with E-state index in [4.69, 9.17) is 4.74 Å². The Morgan fingerprint density at radius 2 is 1.73 bits per heavy atom. The first kappa shape index (κ1) is 19.5. The van der Waals surface area contributed by atoms with Crippen molar-refractivity contribution in [1.82, 2.24) is 0 Å². The highest BCUT2D eigenvalue weighted by atomic mass is 16.5. The summed E-state index contributed by atoms with van der Waals surface area (Å²) in [7, 11) is 0. The number of aryl methyl sites for hydroxylation is 1. The fraction of sp³-hybridized carbons (Fsp3) is 0.333. The summed E-state index contributed by atoms with van der Waals surface area (Å²) in [6, 6.07) is 14.9. The SMILES string of the molecule is CCc1ccccc1NC(=O)CN(C(C)=O)c1ccccc1OC(C)C. The van der Waals surface area contributed by atoms with Crippen LogP contribution in [0.4, 0.5) is 11.4 Å². The average molecular weight is 354 g/mol. The monoisotopic (exact) mass is 354 g/mol. The number of para-hydroxylation sites is 3. The number of benzene rings is 2. The number of nitrogens with one attached hydrogen (secondary N) is 1. The number of rotatable bonds is 7. The molecule has 138 valence electrons. The summed E-state index contributed by atoms with van der Waals surface area (Å²) in [6.07, 6.45) is 0.785. The molecular weight excluding hydrogens is 328 g/mol. The molecule has 26 heavy (non-hydrogen) atoms. The molecule has 0 aliphatic heterocycles. The third-order valence-electron chi connectivity index (χ3n) is 3.87. The second-order valence-corrected chi connectivity index (χ2v) is 6.30. The van der Waals surface area contributed by atoms with Gasteiger partial charge in [0.25, 0.3) is 0 Å². The van der Waals surface area contributed by atoms with E-state index in [0.29, 0.717) is 11.4 Å². The average Bonchev–Trinajstić information content (AvgIpc) is 2.60. The van der Waals surface area contributed by atoms with Crippen LogP contribution in [0.1, 0.15) is 33.3 Å². The minimum atomic E-state index is -0.250. The Hall–Kier alpha value is -2.82. The number of carbonyl (C=O) groups is 2. The third kappa shape index (κ3) is 5.09. The van der Waals surface area contributed by atoms with Gasteiger partial charge in [0.05, 0.1) is 11.8 Å². The van der Waals surface area contributed by atoms with Gasteiger partial charge < -0.3 is 10.1 Å². The molecule has 0 spiro atoms. The van der Waals surface area contributed by atoms with Crippen molar-refractivity contribution < 1.29 is 14.3 Å². The summed E-state index contributed by atoms with van der Waals surface area (Å²) < 4.78 is 5.79. The van der Waals surface area contributed by atoms with Crippen LogP contribution in [0.3, 0.4) is 0 Å². The van der Waals surface area contributed by atoms with Crippen LogP contribution in [0.15, 0.2) is 48.5 Å². The lowest BCUT2D eigenvalue weighted by Crippen LogP contribution is -2.37. The van der Waals surface area contributed by atoms with E-state index in [2.05, 4.69) is 5.32 Å². The molecular formula is C21H26N2O3. The fourth-order valence-corrected chi connectivity index (χ4v) is 2.68. The molecule has 0 heterocycles. The topological polar surface area (TPSA) is 58.6 Å². The standard InChI is InChI=1S/C21H26N2O3/c1-5-17-10-6-7-11-18(17)22-21(25)14-23(16(4)24)19-12-8-9-13-20(19)26-15(2)3/h6-13,15H,5,14H2,1-4H3,(H,22,25). The van der Waals surface area contributed by atoms with Crippen molar-refractivity contribution in [2.75, 3.05) is 16.8 Å². The summed E-state index contributed by atoms with van der Waals surface area (Å²) in [5, 5.41) is 2.90. The van der Waals surface area contributed by atoms with Gasteiger partial charge in [-0.25, -0.2) is 0 Å². The molecule has 0 unspecified atom stereocenters. The molecule has 0 aliphatic rings. The predicted molar refractivity (Wildman–Crippen MR) is 105 cm³/mol.